The Labute approximate surface area is 87.3 Å². The molecule has 0 amide bonds. The van der Waals surface area contributed by atoms with Crippen LogP contribution in [0.2, 0.25) is 0 Å². The molecule has 0 saturated heterocycles. The highest BCUT2D eigenvalue weighted by Gasteiger charge is 2.05. The van der Waals surface area contributed by atoms with Gasteiger partial charge in [-0.25, -0.2) is 0 Å². The van der Waals surface area contributed by atoms with Gasteiger partial charge in [-0.2, -0.15) is 0 Å². The van der Waals surface area contributed by atoms with Crippen LogP contribution in [0, 0.1) is 0 Å². The van der Waals surface area contributed by atoms with E-state index in [4.69, 9.17) is 4.74 Å². The SMILES string of the molecule is CCC(=O)OC(C)CCCC=C(C)C. The van der Waals surface area contributed by atoms with Crippen LogP contribution in [0.5, 0.6) is 0 Å². The molecule has 1 atom stereocenters. The van der Waals surface area contributed by atoms with Crippen molar-refractivity contribution in [2.24, 2.45) is 0 Å². The van der Waals surface area contributed by atoms with Crippen molar-refractivity contribution >= 4 is 5.97 Å². The Bertz CT molecular complexity index is 190. The first-order valence-electron chi connectivity index (χ1n) is 5.39. The molecule has 0 bridgehead atoms. The second-order valence-corrected chi connectivity index (χ2v) is 3.87. The molecule has 14 heavy (non-hydrogen) atoms. The molecule has 2 nitrogen and oxygen atoms in total. The number of allylic oxidation sites excluding steroid dienone is 2. The van der Waals surface area contributed by atoms with Gasteiger partial charge in [-0.3, -0.25) is 4.79 Å². The van der Waals surface area contributed by atoms with E-state index in [1.165, 1.54) is 5.57 Å². The minimum Gasteiger partial charge on any atom is -0.463 e. The summed E-state index contributed by atoms with van der Waals surface area (Å²) < 4.78 is 5.15. The summed E-state index contributed by atoms with van der Waals surface area (Å²) >= 11 is 0. The summed E-state index contributed by atoms with van der Waals surface area (Å²) in [6.07, 6.45) is 5.87. The van der Waals surface area contributed by atoms with Gasteiger partial charge in [-0.05, 0) is 40.0 Å². The fourth-order valence-electron chi connectivity index (χ4n) is 1.16. The monoisotopic (exact) mass is 198 g/mol. The van der Waals surface area contributed by atoms with Gasteiger partial charge in [0.25, 0.3) is 0 Å². The highest BCUT2D eigenvalue weighted by molar-refractivity contribution is 5.69. The lowest BCUT2D eigenvalue weighted by molar-refractivity contribution is -0.148. The largest absolute Gasteiger partial charge is 0.463 e. The zero-order valence-electron chi connectivity index (χ0n) is 9.80. The minimum absolute atomic E-state index is 0.0630. The number of carbonyl (C=O) groups is 1. The Kier molecular flexibility index (Phi) is 7.17. The molecule has 0 heterocycles. The van der Waals surface area contributed by atoms with Gasteiger partial charge >= 0.3 is 5.97 Å². The number of carbonyl (C=O) groups excluding carboxylic acids is 1. The quantitative estimate of drug-likeness (QED) is 0.371. The standard InChI is InChI=1S/C12H22O2/c1-5-12(13)14-11(4)9-7-6-8-10(2)3/h8,11H,5-7,9H2,1-4H3. The fourth-order valence-corrected chi connectivity index (χ4v) is 1.16. The predicted octanol–water partition coefficient (Wildman–Crippen LogP) is 3.46. The van der Waals surface area contributed by atoms with Crippen molar-refractivity contribution in [3.63, 3.8) is 0 Å². The van der Waals surface area contributed by atoms with Crippen LogP contribution in [0.3, 0.4) is 0 Å². The molecular weight excluding hydrogens is 176 g/mol. The smallest absolute Gasteiger partial charge is 0.305 e. The molecule has 0 fully saturated rings. The predicted molar refractivity (Wildman–Crippen MR) is 59.1 cm³/mol. The third-order valence-electron chi connectivity index (χ3n) is 1.99. The zero-order valence-corrected chi connectivity index (χ0v) is 9.80. The molecule has 0 aliphatic carbocycles. The van der Waals surface area contributed by atoms with E-state index in [1.807, 2.05) is 13.8 Å². The lowest BCUT2D eigenvalue weighted by Crippen LogP contribution is -2.13. The first-order chi connectivity index (χ1) is 6.56. The number of hydrogen-bond acceptors (Lipinski definition) is 2. The van der Waals surface area contributed by atoms with E-state index >= 15 is 0 Å². The average molecular weight is 198 g/mol. The van der Waals surface area contributed by atoms with Gasteiger partial charge in [0.15, 0.2) is 0 Å². The first-order valence-corrected chi connectivity index (χ1v) is 5.39. The molecule has 1 unspecified atom stereocenters. The molecule has 0 radical (unpaired) electrons. The molecule has 2 heteroatoms. The summed E-state index contributed by atoms with van der Waals surface area (Å²) in [6.45, 7) is 7.97. The summed E-state index contributed by atoms with van der Waals surface area (Å²) in [5.41, 5.74) is 1.35. The number of unbranched alkanes of at least 4 members (excludes halogenated alkanes) is 1. The summed E-state index contributed by atoms with van der Waals surface area (Å²) in [4.78, 5) is 10.9. The fraction of sp³-hybridized carbons (Fsp3) is 0.750. The molecule has 0 saturated carbocycles. The Balaban J connectivity index is 3.49. The van der Waals surface area contributed by atoms with Crippen LogP contribution < -0.4 is 0 Å². The second kappa shape index (κ2) is 7.60. The van der Waals surface area contributed by atoms with Crippen LogP contribution >= 0.6 is 0 Å². The summed E-state index contributed by atoms with van der Waals surface area (Å²) in [5, 5.41) is 0. The number of esters is 1. The van der Waals surface area contributed by atoms with Crippen molar-refractivity contribution in [2.45, 2.75) is 59.5 Å². The highest BCUT2D eigenvalue weighted by Crippen LogP contribution is 2.07. The lowest BCUT2D eigenvalue weighted by Gasteiger charge is -2.11. The Hall–Kier alpha value is -0.790. The van der Waals surface area contributed by atoms with Crippen molar-refractivity contribution < 1.29 is 9.53 Å². The maximum Gasteiger partial charge on any atom is 0.305 e. The minimum atomic E-state index is -0.0975. The molecule has 82 valence electrons. The highest BCUT2D eigenvalue weighted by atomic mass is 16.5. The van der Waals surface area contributed by atoms with Gasteiger partial charge in [-0.1, -0.05) is 18.6 Å². The number of rotatable bonds is 6. The van der Waals surface area contributed by atoms with Gasteiger partial charge in [0.1, 0.15) is 0 Å². The topological polar surface area (TPSA) is 26.3 Å². The normalized spacial score (nSPS) is 12.0. The summed E-state index contributed by atoms with van der Waals surface area (Å²) in [6, 6.07) is 0. The van der Waals surface area contributed by atoms with Gasteiger partial charge in [0.05, 0.1) is 6.10 Å². The Morgan fingerprint density at radius 1 is 1.43 bits per heavy atom. The molecule has 0 aliphatic heterocycles. The van der Waals surface area contributed by atoms with Crippen LogP contribution in [-0.2, 0) is 9.53 Å². The Morgan fingerprint density at radius 3 is 2.57 bits per heavy atom. The van der Waals surface area contributed by atoms with E-state index < -0.39 is 0 Å². The molecule has 0 spiro atoms. The molecule has 0 aromatic heterocycles. The van der Waals surface area contributed by atoms with Gasteiger partial charge in [0, 0.05) is 6.42 Å². The lowest BCUT2D eigenvalue weighted by atomic mass is 10.1. The van der Waals surface area contributed by atoms with E-state index in [0.29, 0.717) is 6.42 Å². The third kappa shape index (κ3) is 7.84. The van der Waals surface area contributed by atoms with E-state index in [9.17, 15) is 4.79 Å². The van der Waals surface area contributed by atoms with Gasteiger partial charge < -0.3 is 4.74 Å². The van der Waals surface area contributed by atoms with Crippen molar-refractivity contribution in [3.05, 3.63) is 11.6 Å². The molecule has 0 aromatic rings. The molecule has 0 aromatic carbocycles. The maximum atomic E-state index is 10.9. The third-order valence-corrected chi connectivity index (χ3v) is 1.99. The van der Waals surface area contributed by atoms with Crippen molar-refractivity contribution in [1.82, 2.24) is 0 Å². The molecular formula is C12H22O2. The van der Waals surface area contributed by atoms with Crippen LogP contribution in [0.4, 0.5) is 0 Å². The number of ether oxygens (including phenoxy) is 1. The van der Waals surface area contributed by atoms with Crippen molar-refractivity contribution in [3.8, 4) is 0 Å². The maximum absolute atomic E-state index is 10.9. The van der Waals surface area contributed by atoms with Crippen molar-refractivity contribution in [1.29, 1.82) is 0 Å². The number of hydrogen-bond donors (Lipinski definition) is 0. The second-order valence-electron chi connectivity index (χ2n) is 3.87. The van der Waals surface area contributed by atoms with Gasteiger partial charge in [0.2, 0.25) is 0 Å². The van der Waals surface area contributed by atoms with Crippen LogP contribution in [-0.4, -0.2) is 12.1 Å². The molecule has 0 N–H and O–H groups in total. The van der Waals surface area contributed by atoms with Crippen molar-refractivity contribution in [2.75, 3.05) is 0 Å². The zero-order chi connectivity index (χ0) is 11.0. The van der Waals surface area contributed by atoms with E-state index in [2.05, 4.69) is 19.9 Å². The average Bonchev–Trinajstić information content (AvgIpc) is 2.12. The van der Waals surface area contributed by atoms with E-state index in [-0.39, 0.29) is 12.1 Å². The molecule has 0 rings (SSSR count). The van der Waals surface area contributed by atoms with Crippen LogP contribution in [0.15, 0.2) is 11.6 Å². The first kappa shape index (κ1) is 13.2. The summed E-state index contributed by atoms with van der Waals surface area (Å²) in [5.74, 6) is -0.0975. The Morgan fingerprint density at radius 2 is 2.07 bits per heavy atom. The molecule has 0 aliphatic rings. The van der Waals surface area contributed by atoms with Crippen LogP contribution in [0.1, 0.15) is 53.4 Å². The van der Waals surface area contributed by atoms with Crippen LogP contribution in [0.25, 0.3) is 0 Å². The van der Waals surface area contributed by atoms with E-state index in [1.54, 1.807) is 0 Å². The van der Waals surface area contributed by atoms with Gasteiger partial charge in [-0.15, -0.1) is 0 Å². The van der Waals surface area contributed by atoms with E-state index in [0.717, 1.165) is 19.3 Å². The summed E-state index contributed by atoms with van der Waals surface area (Å²) in [7, 11) is 0.